The molecule has 1 N–H and O–H groups in total. The summed E-state index contributed by atoms with van der Waals surface area (Å²) in [6.07, 6.45) is 5.96. The summed E-state index contributed by atoms with van der Waals surface area (Å²) in [4.78, 5) is 23.9. The third-order valence-corrected chi connectivity index (χ3v) is 4.58. The van der Waals surface area contributed by atoms with Gasteiger partial charge >= 0.3 is 5.97 Å². The normalized spacial score (nSPS) is 10.9. The van der Waals surface area contributed by atoms with Crippen LogP contribution < -0.4 is 5.32 Å². The largest absolute Gasteiger partial charge is 0.452 e. The molecule has 160 valence electrons. The summed E-state index contributed by atoms with van der Waals surface area (Å²) < 4.78 is 11.3. The van der Waals surface area contributed by atoms with Gasteiger partial charge in [0.2, 0.25) is 0 Å². The van der Waals surface area contributed by atoms with E-state index in [0.717, 1.165) is 11.3 Å². The van der Waals surface area contributed by atoms with Crippen LogP contribution in [0.15, 0.2) is 83.7 Å². The Balaban J connectivity index is 1.50. The average molecular weight is 449 g/mol. The second-order valence-electron chi connectivity index (χ2n) is 6.59. The van der Waals surface area contributed by atoms with E-state index in [1.165, 1.54) is 18.4 Å². The van der Waals surface area contributed by atoms with Gasteiger partial charge in [0.15, 0.2) is 12.4 Å². The lowest BCUT2D eigenvalue weighted by Crippen LogP contribution is -2.20. The minimum atomic E-state index is -0.671. The highest BCUT2D eigenvalue weighted by molar-refractivity contribution is 6.30. The van der Waals surface area contributed by atoms with Gasteiger partial charge in [-0.3, -0.25) is 4.79 Å². The van der Waals surface area contributed by atoms with Crippen LogP contribution in [0, 0.1) is 0 Å². The molecular weight excluding hydrogens is 432 g/mol. The molecule has 0 atom stereocenters. The first-order valence-electron chi connectivity index (χ1n) is 9.54. The molecule has 0 aliphatic carbocycles. The van der Waals surface area contributed by atoms with Crippen molar-refractivity contribution in [3.8, 4) is 16.9 Å². The molecule has 0 radical (unpaired) electrons. The first-order valence-corrected chi connectivity index (χ1v) is 9.92. The predicted molar refractivity (Wildman–Crippen MR) is 119 cm³/mol. The number of hydrogen-bond donors (Lipinski definition) is 1. The van der Waals surface area contributed by atoms with Gasteiger partial charge in [-0.15, -0.1) is 0 Å². The van der Waals surface area contributed by atoms with Crippen LogP contribution in [0.25, 0.3) is 23.0 Å². The summed E-state index contributed by atoms with van der Waals surface area (Å²) in [6.45, 7) is -0.455. The number of carbonyl (C=O) groups excluding carboxylic acids is 2. The zero-order valence-corrected chi connectivity index (χ0v) is 17.4. The fourth-order valence-electron chi connectivity index (χ4n) is 2.85. The van der Waals surface area contributed by atoms with Gasteiger partial charge in [-0.1, -0.05) is 47.1 Å². The fraction of sp³-hybridized carbons (Fsp3) is 0.0435. The number of hydrogen-bond acceptors (Lipinski definition) is 6. The molecule has 8 nitrogen and oxygen atoms in total. The molecule has 0 aliphatic rings. The van der Waals surface area contributed by atoms with Crippen molar-refractivity contribution in [1.29, 1.82) is 0 Å². The van der Waals surface area contributed by atoms with Gasteiger partial charge in [0.25, 0.3) is 5.91 Å². The standard InChI is InChI=1S/C23H17ClN4O4/c24-18-9-6-16(7-10-18)23-17(14-28(26-23)19-4-2-1-3-5-19)8-11-22(30)31-15-21(29)25-20-12-13-32-27-20/h1-14H,15H2,(H,25,27,29)/b11-8+. The molecule has 2 heterocycles. The molecule has 4 aromatic rings. The predicted octanol–water partition coefficient (Wildman–Crippen LogP) is 4.38. The molecule has 2 aromatic heterocycles. The van der Waals surface area contributed by atoms with E-state index in [0.29, 0.717) is 16.3 Å². The number of ether oxygens (including phenoxy) is 1. The number of nitrogens with one attached hydrogen (secondary N) is 1. The first kappa shape index (κ1) is 21.1. The van der Waals surface area contributed by atoms with E-state index in [1.807, 2.05) is 42.5 Å². The Labute approximate surface area is 188 Å². The first-order chi connectivity index (χ1) is 15.6. The van der Waals surface area contributed by atoms with E-state index in [-0.39, 0.29) is 5.82 Å². The minimum Gasteiger partial charge on any atom is -0.452 e. The summed E-state index contributed by atoms with van der Waals surface area (Å²) in [5.74, 6) is -0.961. The van der Waals surface area contributed by atoms with Crippen LogP contribution in [-0.2, 0) is 14.3 Å². The Hall–Kier alpha value is -4.17. The van der Waals surface area contributed by atoms with Crippen LogP contribution in [0.4, 0.5) is 5.82 Å². The van der Waals surface area contributed by atoms with Crippen molar-refractivity contribution in [2.45, 2.75) is 0 Å². The van der Waals surface area contributed by atoms with Crippen molar-refractivity contribution < 1.29 is 18.8 Å². The highest BCUT2D eigenvalue weighted by Gasteiger charge is 2.12. The molecule has 4 rings (SSSR count). The molecule has 32 heavy (non-hydrogen) atoms. The van der Waals surface area contributed by atoms with Gasteiger partial charge in [-0.05, 0) is 30.3 Å². The molecule has 0 unspecified atom stereocenters. The van der Waals surface area contributed by atoms with Crippen molar-refractivity contribution in [2.24, 2.45) is 0 Å². The van der Waals surface area contributed by atoms with Crippen LogP contribution in [0.1, 0.15) is 5.56 Å². The van der Waals surface area contributed by atoms with E-state index >= 15 is 0 Å². The summed E-state index contributed by atoms with van der Waals surface area (Å²) in [6, 6.07) is 18.3. The van der Waals surface area contributed by atoms with Crippen molar-refractivity contribution in [2.75, 3.05) is 11.9 Å². The fourth-order valence-corrected chi connectivity index (χ4v) is 2.98. The van der Waals surface area contributed by atoms with Gasteiger partial charge < -0.3 is 14.6 Å². The molecule has 0 spiro atoms. The van der Waals surface area contributed by atoms with E-state index in [9.17, 15) is 9.59 Å². The van der Waals surface area contributed by atoms with Crippen LogP contribution in [0.2, 0.25) is 5.02 Å². The monoisotopic (exact) mass is 448 g/mol. The third kappa shape index (κ3) is 5.30. The summed E-state index contributed by atoms with van der Waals surface area (Å²) >= 11 is 6.01. The van der Waals surface area contributed by atoms with Gasteiger partial charge in [-0.2, -0.15) is 5.10 Å². The Bertz CT molecular complexity index is 1230. The lowest BCUT2D eigenvalue weighted by molar-refractivity contribution is -0.142. The molecule has 1 amide bonds. The SMILES string of the molecule is O=C(COC(=O)/C=C/c1cn(-c2ccccc2)nc1-c1ccc(Cl)cc1)Nc1ccon1. The van der Waals surface area contributed by atoms with Crippen molar-refractivity contribution in [3.05, 3.63) is 89.8 Å². The zero-order valence-electron chi connectivity index (χ0n) is 16.6. The lowest BCUT2D eigenvalue weighted by Gasteiger charge is -2.02. The molecule has 0 fully saturated rings. The van der Waals surface area contributed by atoms with Crippen LogP contribution >= 0.6 is 11.6 Å². The van der Waals surface area contributed by atoms with Gasteiger partial charge in [0.1, 0.15) is 6.26 Å². The number of rotatable bonds is 7. The number of amides is 1. The zero-order chi connectivity index (χ0) is 22.3. The molecule has 9 heteroatoms. The number of nitrogens with zero attached hydrogens (tertiary/aromatic N) is 3. The summed E-state index contributed by atoms with van der Waals surface area (Å²) in [5, 5.41) is 11.3. The number of halogens is 1. The quantitative estimate of drug-likeness (QED) is 0.333. The minimum absolute atomic E-state index is 0.238. The lowest BCUT2D eigenvalue weighted by atomic mass is 10.1. The van der Waals surface area contributed by atoms with Gasteiger partial charge in [-0.25, -0.2) is 9.48 Å². The Morgan fingerprint density at radius 3 is 2.59 bits per heavy atom. The van der Waals surface area contributed by atoms with E-state index in [4.69, 9.17) is 16.3 Å². The smallest absolute Gasteiger partial charge is 0.331 e. The second-order valence-corrected chi connectivity index (χ2v) is 7.03. The number of benzene rings is 2. The molecule has 0 aliphatic heterocycles. The molecule has 0 saturated heterocycles. The van der Waals surface area contributed by atoms with Crippen molar-refractivity contribution in [3.63, 3.8) is 0 Å². The molecule has 0 saturated carbocycles. The average Bonchev–Trinajstić information content (AvgIpc) is 3.47. The maximum atomic E-state index is 12.1. The molecular formula is C23H17ClN4O4. The molecule has 2 aromatic carbocycles. The van der Waals surface area contributed by atoms with Crippen LogP contribution in [-0.4, -0.2) is 33.4 Å². The number of anilines is 1. The molecule has 0 bridgehead atoms. The number of esters is 1. The van der Waals surface area contributed by atoms with Gasteiger partial charge in [0.05, 0.1) is 11.4 Å². The van der Waals surface area contributed by atoms with Crippen molar-refractivity contribution in [1.82, 2.24) is 14.9 Å². The van der Waals surface area contributed by atoms with E-state index in [1.54, 1.807) is 29.1 Å². The summed E-state index contributed by atoms with van der Waals surface area (Å²) in [7, 11) is 0. The summed E-state index contributed by atoms with van der Waals surface area (Å²) in [5.41, 5.74) is 3.07. The highest BCUT2D eigenvalue weighted by Crippen LogP contribution is 2.26. The maximum Gasteiger partial charge on any atom is 0.331 e. The van der Waals surface area contributed by atoms with Gasteiger partial charge in [0, 0.05) is 34.5 Å². The Morgan fingerprint density at radius 1 is 1.09 bits per heavy atom. The van der Waals surface area contributed by atoms with E-state index < -0.39 is 18.5 Å². The van der Waals surface area contributed by atoms with Crippen LogP contribution in [0.5, 0.6) is 0 Å². The maximum absolute atomic E-state index is 12.1. The van der Waals surface area contributed by atoms with E-state index in [2.05, 4.69) is 20.1 Å². The number of aromatic nitrogens is 3. The topological polar surface area (TPSA) is 99.2 Å². The Morgan fingerprint density at radius 2 is 1.88 bits per heavy atom. The van der Waals surface area contributed by atoms with Crippen LogP contribution in [0.3, 0.4) is 0 Å². The Kier molecular flexibility index (Phi) is 6.43. The number of carbonyl (C=O) groups is 2. The second kappa shape index (κ2) is 9.76. The third-order valence-electron chi connectivity index (χ3n) is 4.33. The number of para-hydroxylation sites is 1. The van der Waals surface area contributed by atoms with Crippen molar-refractivity contribution >= 4 is 35.4 Å². The highest BCUT2D eigenvalue weighted by atomic mass is 35.5.